The third kappa shape index (κ3) is 5.39. The molecule has 1 N–H and O–H groups in total. The molecule has 140 valence electrons. The molecule has 0 aliphatic rings. The van der Waals surface area contributed by atoms with E-state index in [2.05, 4.69) is 33.0 Å². The van der Waals surface area contributed by atoms with E-state index in [9.17, 15) is 4.79 Å². The number of carbonyl (C=O) groups is 1. The first-order chi connectivity index (χ1) is 12.9. The summed E-state index contributed by atoms with van der Waals surface area (Å²) in [5, 5.41) is 7.09. The molecule has 0 saturated carbocycles. The van der Waals surface area contributed by atoms with E-state index < -0.39 is 0 Å². The number of aromatic nitrogens is 2. The smallest absolute Gasteiger partial charge is 0.287 e. The largest absolute Gasteiger partial charge is 0.484 e. The van der Waals surface area contributed by atoms with Gasteiger partial charge < -0.3 is 14.5 Å². The molecule has 6 nitrogen and oxygen atoms in total. The minimum Gasteiger partial charge on any atom is -0.484 e. The van der Waals surface area contributed by atoms with E-state index in [-0.39, 0.29) is 23.9 Å². The van der Waals surface area contributed by atoms with Crippen LogP contribution in [-0.2, 0) is 17.9 Å². The number of ether oxygens (including phenoxy) is 1. The first-order valence-electron chi connectivity index (χ1n) is 8.23. The Labute approximate surface area is 175 Å². The first-order valence-corrected chi connectivity index (χ1v) is 9.72. The van der Waals surface area contributed by atoms with E-state index in [4.69, 9.17) is 21.4 Å². The summed E-state index contributed by atoms with van der Waals surface area (Å²) in [7, 11) is 0. The molecule has 0 saturated heterocycles. The summed E-state index contributed by atoms with van der Waals surface area (Å²) in [5.74, 6) is 0.812. The summed E-state index contributed by atoms with van der Waals surface area (Å²) in [6.07, 6.45) is 0. The monoisotopic (exact) mass is 495 g/mol. The molecule has 1 heterocycles. The van der Waals surface area contributed by atoms with Gasteiger partial charge in [0.05, 0.1) is 0 Å². The second kappa shape index (κ2) is 8.66. The van der Waals surface area contributed by atoms with Gasteiger partial charge in [-0.25, -0.2) is 4.68 Å². The van der Waals surface area contributed by atoms with Gasteiger partial charge in [-0.3, -0.25) is 4.79 Å². The minimum atomic E-state index is -0.227. The molecule has 1 aromatic heterocycles. The van der Waals surface area contributed by atoms with E-state index in [1.807, 2.05) is 56.3 Å². The zero-order chi connectivity index (χ0) is 19.4. The highest BCUT2D eigenvalue weighted by atomic mass is 127. The quantitative estimate of drug-likeness (QED) is 0.399. The minimum absolute atomic E-state index is 0.0296. The molecular formula is C19H18IN3O3S. The highest BCUT2D eigenvalue weighted by Crippen LogP contribution is 2.18. The highest BCUT2D eigenvalue weighted by Gasteiger charge is 2.11. The van der Waals surface area contributed by atoms with E-state index >= 15 is 0 Å². The van der Waals surface area contributed by atoms with E-state index in [1.54, 1.807) is 0 Å². The van der Waals surface area contributed by atoms with Crippen LogP contribution in [0, 0.1) is 22.3 Å². The Morgan fingerprint density at radius 1 is 1.30 bits per heavy atom. The summed E-state index contributed by atoms with van der Waals surface area (Å²) >= 11 is 7.38. The van der Waals surface area contributed by atoms with Crippen LogP contribution >= 0.6 is 34.8 Å². The fourth-order valence-electron chi connectivity index (χ4n) is 2.45. The van der Waals surface area contributed by atoms with Crippen molar-refractivity contribution >= 4 is 46.4 Å². The number of halogens is 1. The van der Waals surface area contributed by atoms with Gasteiger partial charge in [-0.2, -0.15) is 0 Å². The lowest BCUT2D eigenvalue weighted by Gasteiger charge is -2.08. The highest BCUT2D eigenvalue weighted by molar-refractivity contribution is 14.1. The SMILES string of the molecule is Cc1cccc(OCc2nn(CC(=O)Nc3ccc(I)cc3C)c(=S)o2)c1. The van der Waals surface area contributed by atoms with Gasteiger partial charge in [0.25, 0.3) is 10.7 Å². The lowest BCUT2D eigenvalue weighted by molar-refractivity contribution is -0.117. The van der Waals surface area contributed by atoms with Crippen molar-refractivity contribution in [1.82, 2.24) is 9.78 Å². The number of hydrogen-bond donors (Lipinski definition) is 1. The van der Waals surface area contributed by atoms with Gasteiger partial charge >= 0.3 is 0 Å². The van der Waals surface area contributed by atoms with E-state index in [0.29, 0.717) is 5.89 Å². The Morgan fingerprint density at radius 2 is 2.11 bits per heavy atom. The Kier molecular flexibility index (Phi) is 6.27. The molecule has 3 rings (SSSR count). The van der Waals surface area contributed by atoms with Gasteiger partial charge in [0.1, 0.15) is 12.3 Å². The topological polar surface area (TPSA) is 69.3 Å². The van der Waals surface area contributed by atoms with Crippen molar-refractivity contribution in [3.8, 4) is 5.75 Å². The van der Waals surface area contributed by atoms with Crippen LogP contribution in [0.2, 0.25) is 0 Å². The van der Waals surface area contributed by atoms with Gasteiger partial charge in [0.15, 0.2) is 6.61 Å². The molecule has 0 atom stereocenters. The van der Waals surface area contributed by atoms with Crippen molar-refractivity contribution in [1.29, 1.82) is 0 Å². The third-order valence-corrected chi connectivity index (χ3v) is 4.72. The number of amides is 1. The fourth-order valence-corrected chi connectivity index (χ4v) is 3.30. The first kappa shape index (κ1) is 19.6. The zero-order valence-corrected chi connectivity index (χ0v) is 17.8. The average Bonchev–Trinajstić information content (AvgIpc) is 2.95. The van der Waals surface area contributed by atoms with Crippen molar-refractivity contribution < 1.29 is 13.9 Å². The summed E-state index contributed by atoms with van der Waals surface area (Å²) < 4.78 is 13.5. The molecule has 3 aromatic rings. The molecule has 8 heteroatoms. The van der Waals surface area contributed by atoms with Gasteiger partial charge in [-0.15, -0.1) is 5.10 Å². The van der Waals surface area contributed by atoms with Gasteiger partial charge in [0, 0.05) is 9.26 Å². The van der Waals surface area contributed by atoms with Crippen LogP contribution < -0.4 is 10.1 Å². The van der Waals surface area contributed by atoms with Crippen molar-refractivity contribution in [3.05, 3.63) is 67.9 Å². The number of rotatable bonds is 6. The second-order valence-corrected chi connectivity index (χ2v) is 7.63. The van der Waals surface area contributed by atoms with E-state index in [0.717, 1.165) is 26.1 Å². The number of carbonyl (C=O) groups excluding carboxylic acids is 1. The molecule has 27 heavy (non-hydrogen) atoms. The molecule has 0 spiro atoms. The predicted molar refractivity (Wildman–Crippen MR) is 113 cm³/mol. The molecule has 0 radical (unpaired) electrons. The Balaban J connectivity index is 1.62. The van der Waals surface area contributed by atoms with Crippen LogP contribution in [0.4, 0.5) is 5.69 Å². The van der Waals surface area contributed by atoms with Crippen LogP contribution in [0.5, 0.6) is 5.75 Å². The predicted octanol–water partition coefficient (Wildman–Crippen LogP) is 4.64. The Morgan fingerprint density at radius 3 is 2.85 bits per heavy atom. The molecule has 0 aliphatic heterocycles. The van der Waals surface area contributed by atoms with Gasteiger partial charge in [-0.05, 0) is 90.1 Å². The molecule has 2 aromatic carbocycles. The Bertz CT molecular complexity index is 1030. The van der Waals surface area contributed by atoms with Gasteiger partial charge in [0.2, 0.25) is 5.91 Å². The molecular weight excluding hydrogens is 477 g/mol. The number of nitrogens with one attached hydrogen (secondary N) is 1. The maximum atomic E-state index is 12.3. The standard InChI is InChI=1S/C19H18IN3O3S/c1-12-4-3-5-15(8-12)25-11-18-22-23(19(27)26-18)10-17(24)21-16-7-6-14(20)9-13(16)2/h3-9H,10-11H2,1-2H3,(H,21,24). The van der Waals surface area contributed by atoms with Gasteiger partial charge in [-0.1, -0.05) is 12.1 Å². The zero-order valence-electron chi connectivity index (χ0n) is 14.9. The number of hydrogen-bond acceptors (Lipinski definition) is 5. The fraction of sp³-hybridized carbons (Fsp3) is 0.211. The van der Waals surface area contributed by atoms with E-state index in [1.165, 1.54) is 4.68 Å². The maximum Gasteiger partial charge on any atom is 0.287 e. The summed E-state index contributed by atoms with van der Waals surface area (Å²) in [6.45, 7) is 4.04. The normalized spacial score (nSPS) is 10.6. The number of anilines is 1. The van der Waals surface area contributed by atoms with Crippen molar-refractivity contribution in [3.63, 3.8) is 0 Å². The average molecular weight is 495 g/mol. The summed E-state index contributed by atoms with van der Waals surface area (Å²) in [4.78, 5) is 12.4. The molecule has 0 bridgehead atoms. The van der Waals surface area contributed by atoms with Crippen molar-refractivity contribution in [2.24, 2.45) is 0 Å². The maximum absolute atomic E-state index is 12.3. The second-order valence-electron chi connectivity index (χ2n) is 6.03. The van der Waals surface area contributed by atoms with Crippen LogP contribution in [0.15, 0.2) is 46.9 Å². The van der Waals surface area contributed by atoms with Crippen LogP contribution in [-0.4, -0.2) is 15.7 Å². The molecule has 0 fully saturated rings. The number of benzene rings is 2. The van der Waals surface area contributed by atoms with Crippen LogP contribution in [0.25, 0.3) is 0 Å². The van der Waals surface area contributed by atoms with Crippen molar-refractivity contribution in [2.75, 3.05) is 5.32 Å². The Hall–Kier alpha value is -2.20. The molecule has 0 aliphatic carbocycles. The lowest BCUT2D eigenvalue weighted by Crippen LogP contribution is -2.20. The van der Waals surface area contributed by atoms with Crippen LogP contribution in [0.1, 0.15) is 17.0 Å². The summed E-state index contributed by atoms with van der Waals surface area (Å²) in [6, 6.07) is 13.5. The summed E-state index contributed by atoms with van der Waals surface area (Å²) in [5.41, 5.74) is 2.85. The van der Waals surface area contributed by atoms with Crippen molar-refractivity contribution in [2.45, 2.75) is 27.0 Å². The van der Waals surface area contributed by atoms with Crippen LogP contribution in [0.3, 0.4) is 0 Å². The third-order valence-electron chi connectivity index (χ3n) is 3.76. The lowest BCUT2D eigenvalue weighted by atomic mass is 10.2. The number of aryl methyl sites for hydroxylation is 2. The number of nitrogens with zero attached hydrogens (tertiary/aromatic N) is 2. The molecule has 0 unspecified atom stereocenters. The molecule has 1 amide bonds.